The van der Waals surface area contributed by atoms with Crippen LogP contribution in [0.4, 0.5) is 0 Å². The molecule has 13 heavy (non-hydrogen) atoms. The van der Waals surface area contributed by atoms with E-state index in [1.807, 2.05) is 20.3 Å². The van der Waals surface area contributed by atoms with E-state index in [0.29, 0.717) is 12.8 Å². The Kier molecular flexibility index (Phi) is 3.64. The Balaban J connectivity index is 2.36. The number of Topliss-reactive ketones (excluding diaryl/α,β-unsaturated/α-hetero) is 1. The summed E-state index contributed by atoms with van der Waals surface area (Å²) in [6, 6.07) is 0. The summed E-state index contributed by atoms with van der Waals surface area (Å²) in [6.45, 7) is 0.749. The molecule has 1 heterocycles. The molecule has 0 bridgehead atoms. The lowest BCUT2D eigenvalue weighted by Crippen LogP contribution is -2.14. The van der Waals surface area contributed by atoms with E-state index in [1.54, 1.807) is 10.9 Å². The van der Waals surface area contributed by atoms with Crippen molar-refractivity contribution in [1.29, 1.82) is 0 Å². The molecule has 0 aromatic carbocycles. The van der Waals surface area contributed by atoms with Gasteiger partial charge < -0.3 is 5.32 Å². The molecule has 0 saturated heterocycles. The Labute approximate surface area is 77.9 Å². The Hall–Kier alpha value is -1.16. The van der Waals surface area contributed by atoms with Gasteiger partial charge in [-0.25, -0.2) is 0 Å². The SMILES string of the molecule is CNCCC(=O)Cc1cnn(C)c1. The van der Waals surface area contributed by atoms with Gasteiger partial charge in [0.1, 0.15) is 5.78 Å². The maximum absolute atomic E-state index is 11.3. The number of rotatable bonds is 5. The van der Waals surface area contributed by atoms with E-state index in [9.17, 15) is 4.79 Å². The Bertz CT molecular complexity index is 280. The summed E-state index contributed by atoms with van der Waals surface area (Å²) < 4.78 is 1.71. The van der Waals surface area contributed by atoms with Crippen LogP contribution in [0.15, 0.2) is 12.4 Å². The van der Waals surface area contributed by atoms with Gasteiger partial charge in [0.2, 0.25) is 0 Å². The highest BCUT2D eigenvalue weighted by Crippen LogP contribution is 1.99. The van der Waals surface area contributed by atoms with Crippen molar-refractivity contribution in [1.82, 2.24) is 15.1 Å². The highest BCUT2D eigenvalue weighted by molar-refractivity contribution is 5.80. The molecule has 0 spiro atoms. The maximum atomic E-state index is 11.3. The summed E-state index contributed by atoms with van der Waals surface area (Å²) in [6.07, 6.45) is 4.69. The zero-order valence-electron chi connectivity index (χ0n) is 8.08. The topological polar surface area (TPSA) is 46.9 Å². The second-order valence-corrected chi connectivity index (χ2v) is 3.09. The van der Waals surface area contributed by atoms with Crippen molar-refractivity contribution in [3.63, 3.8) is 0 Å². The molecule has 4 heteroatoms. The molecule has 0 aliphatic rings. The molecule has 0 amide bonds. The smallest absolute Gasteiger partial charge is 0.138 e. The zero-order valence-corrected chi connectivity index (χ0v) is 8.08. The first-order valence-electron chi connectivity index (χ1n) is 4.36. The summed E-state index contributed by atoms with van der Waals surface area (Å²) in [5, 5.41) is 6.95. The number of aryl methyl sites for hydroxylation is 1. The third-order valence-electron chi connectivity index (χ3n) is 1.81. The minimum absolute atomic E-state index is 0.252. The maximum Gasteiger partial charge on any atom is 0.138 e. The molecule has 1 rings (SSSR count). The van der Waals surface area contributed by atoms with Gasteiger partial charge >= 0.3 is 0 Å². The van der Waals surface area contributed by atoms with Gasteiger partial charge in [0.15, 0.2) is 0 Å². The first kappa shape index (κ1) is 9.92. The van der Waals surface area contributed by atoms with Crippen LogP contribution in [0.1, 0.15) is 12.0 Å². The van der Waals surface area contributed by atoms with Crippen LogP contribution in [-0.2, 0) is 18.3 Å². The summed E-state index contributed by atoms with van der Waals surface area (Å²) in [5.41, 5.74) is 0.989. The Morgan fingerprint density at radius 2 is 2.46 bits per heavy atom. The van der Waals surface area contributed by atoms with Crippen molar-refractivity contribution in [3.8, 4) is 0 Å². The van der Waals surface area contributed by atoms with E-state index in [-0.39, 0.29) is 5.78 Å². The molecule has 0 aliphatic carbocycles. The molecule has 4 nitrogen and oxygen atoms in total. The molecule has 1 aromatic heterocycles. The Morgan fingerprint density at radius 3 is 3.00 bits per heavy atom. The number of carbonyl (C=O) groups is 1. The predicted octanol–water partition coefficient (Wildman–Crippen LogP) is 0.141. The lowest BCUT2D eigenvalue weighted by molar-refractivity contribution is -0.118. The molecule has 0 unspecified atom stereocenters. The third kappa shape index (κ3) is 3.38. The quantitative estimate of drug-likeness (QED) is 0.703. The minimum atomic E-state index is 0.252. The highest BCUT2D eigenvalue weighted by Gasteiger charge is 2.04. The molecule has 72 valence electrons. The number of nitrogens with one attached hydrogen (secondary N) is 1. The minimum Gasteiger partial charge on any atom is -0.319 e. The van der Waals surface area contributed by atoms with Gasteiger partial charge in [0.25, 0.3) is 0 Å². The molecular formula is C9H15N3O. The van der Waals surface area contributed by atoms with Crippen LogP contribution in [0.5, 0.6) is 0 Å². The van der Waals surface area contributed by atoms with Crippen LogP contribution in [0, 0.1) is 0 Å². The zero-order chi connectivity index (χ0) is 9.68. The number of hydrogen-bond acceptors (Lipinski definition) is 3. The summed E-state index contributed by atoms with van der Waals surface area (Å²) in [7, 11) is 3.69. The molecule has 1 N–H and O–H groups in total. The van der Waals surface area contributed by atoms with Crippen LogP contribution in [0.2, 0.25) is 0 Å². The second-order valence-electron chi connectivity index (χ2n) is 3.09. The first-order valence-corrected chi connectivity index (χ1v) is 4.36. The van der Waals surface area contributed by atoms with E-state index >= 15 is 0 Å². The summed E-state index contributed by atoms with van der Waals surface area (Å²) >= 11 is 0. The van der Waals surface area contributed by atoms with E-state index < -0.39 is 0 Å². The van der Waals surface area contributed by atoms with Crippen molar-refractivity contribution in [2.45, 2.75) is 12.8 Å². The van der Waals surface area contributed by atoms with Gasteiger partial charge in [-0.2, -0.15) is 5.10 Å². The van der Waals surface area contributed by atoms with E-state index in [4.69, 9.17) is 0 Å². The fourth-order valence-electron chi connectivity index (χ4n) is 1.14. The molecule has 0 atom stereocenters. The van der Waals surface area contributed by atoms with Gasteiger partial charge in [-0.1, -0.05) is 0 Å². The molecular weight excluding hydrogens is 166 g/mol. The molecule has 1 aromatic rings. The van der Waals surface area contributed by atoms with E-state index in [2.05, 4.69) is 10.4 Å². The van der Waals surface area contributed by atoms with Crippen molar-refractivity contribution >= 4 is 5.78 Å². The van der Waals surface area contributed by atoms with Crippen LogP contribution in [0.3, 0.4) is 0 Å². The van der Waals surface area contributed by atoms with Crippen LogP contribution < -0.4 is 5.32 Å². The van der Waals surface area contributed by atoms with Gasteiger partial charge in [-0.3, -0.25) is 9.48 Å². The van der Waals surface area contributed by atoms with Crippen molar-refractivity contribution in [2.75, 3.05) is 13.6 Å². The largest absolute Gasteiger partial charge is 0.319 e. The molecule has 0 aliphatic heterocycles. The normalized spacial score (nSPS) is 10.3. The van der Waals surface area contributed by atoms with Crippen LogP contribution in [-0.4, -0.2) is 29.2 Å². The number of nitrogens with zero attached hydrogens (tertiary/aromatic N) is 2. The molecule has 0 saturated carbocycles. The van der Waals surface area contributed by atoms with Crippen molar-refractivity contribution < 1.29 is 4.79 Å². The molecule has 0 fully saturated rings. The van der Waals surface area contributed by atoms with Gasteiger partial charge in [0, 0.05) is 32.6 Å². The fraction of sp³-hybridized carbons (Fsp3) is 0.556. The van der Waals surface area contributed by atoms with Crippen LogP contribution in [0.25, 0.3) is 0 Å². The number of hydrogen-bond donors (Lipinski definition) is 1. The van der Waals surface area contributed by atoms with Crippen LogP contribution >= 0.6 is 0 Å². The monoisotopic (exact) mass is 181 g/mol. The summed E-state index contributed by atoms with van der Waals surface area (Å²) in [4.78, 5) is 11.3. The molecule has 0 radical (unpaired) electrons. The summed E-state index contributed by atoms with van der Waals surface area (Å²) in [5.74, 6) is 0.252. The lowest BCUT2D eigenvalue weighted by Gasteiger charge is -1.97. The van der Waals surface area contributed by atoms with Crippen molar-refractivity contribution in [3.05, 3.63) is 18.0 Å². The van der Waals surface area contributed by atoms with E-state index in [1.165, 1.54) is 0 Å². The van der Waals surface area contributed by atoms with E-state index in [0.717, 1.165) is 12.1 Å². The number of carbonyl (C=O) groups excluding carboxylic acids is 1. The standard InChI is InChI=1S/C9H15N3O/c1-10-4-3-9(13)5-8-6-11-12(2)7-8/h6-7,10H,3-5H2,1-2H3. The Morgan fingerprint density at radius 1 is 1.69 bits per heavy atom. The average Bonchev–Trinajstić information content (AvgIpc) is 2.48. The third-order valence-corrected chi connectivity index (χ3v) is 1.81. The average molecular weight is 181 g/mol. The highest BCUT2D eigenvalue weighted by atomic mass is 16.1. The fourth-order valence-corrected chi connectivity index (χ4v) is 1.14. The van der Waals surface area contributed by atoms with Crippen molar-refractivity contribution in [2.24, 2.45) is 7.05 Å². The van der Waals surface area contributed by atoms with Gasteiger partial charge in [0.05, 0.1) is 6.20 Å². The lowest BCUT2D eigenvalue weighted by atomic mass is 10.1. The number of ketones is 1. The van der Waals surface area contributed by atoms with Gasteiger partial charge in [-0.15, -0.1) is 0 Å². The first-order chi connectivity index (χ1) is 6.22. The second kappa shape index (κ2) is 4.77. The predicted molar refractivity (Wildman–Crippen MR) is 50.5 cm³/mol. The van der Waals surface area contributed by atoms with Gasteiger partial charge in [-0.05, 0) is 12.6 Å². The number of aromatic nitrogens is 2.